The van der Waals surface area contributed by atoms with Crippen LogP contribution in [0.3, 0.4) is 0 Å². The molecule has 2 unspecified atom stereocenters. The zero-order valence-electron chi connectivity index (χ0n) is 11.8. The van der Waals surface area contributed by atoms with Crippen LogP contribution in [0.5, 0.6) is 0 Å². The second kappa shape index (κ2) is 6.10. The third-order valence-electron chi connectivity index (χ3n) is 4.36. The fraction of sp³-hybridized carbons (Fsp3) is 0.625. The molecule has 1 aromatic carbocycles. The van der Waals surface area contributed by atoms with Crippen LogP contribution in [0.1, 0.15) is 43.7 Å². The van der Waals surface area contributed by atoms with Crippen LogP contribution in [0, 0.1) is 0 Å². The van der Waals surface area contributed by atoms with Crippen molar-refractivity contribution in [3.63, 3.8) is 0 Å². The molecule has 1 aliphatic carbocycles. The normalized spacial score (nSPS) is 26.5. The standard InChI is InChI=1S/C16H23BO2/c1-2-13-6-5-7-14(12-13)10-11-17-18-15-8-3-4-9-16(15)19-17/h5-7,12,15-16H,2-4,8-11H2,1H3. The third-order valence-corrected chi connectivity index (χ3v) is 4.36. The smallest absolute Gasteiger partial charge is 0.406 e. The van der Waals surface area contributed by atoms with Crippen molar-refractivity contribution in [3.05, 3.63) is 35.4 Å². The van der Waals surface area contributed by atoms with E-state index in [1.165, 1.54) is 36.8 Å². The molecule has 3 rings (SSSR count). The van der Waals surface area contributed by atoms with E-state index in [4.69, 9.17) is 9.31 Å². The molecule has 1 aromatic rings. The van der Waals surface area contributed by atoms with Crippen molar-refractivity contribution in [1.82, 2.24) is 0 Å². The van der Waals surface area contributed by atoms with E-state index in [9.17, 15) is 0 Å². The predicted octanol–water partition coefficient (Wildman–Crippen LogP) is 3.64. The molecule has 0 aromatic heterocycles. The highest BCUT2D eigenvalue weighted by atomic mass is 16.7. The summed E-state index contributed by atoms with van der Waals surface area (Å²) in [4.78, 5) is 0. The van der Waals surface area contributed by atoms with Crippen LogP contribution in [0.4, 0.5) is 0 Å². The summed E-state index contributed by atoms with van der Waals surface area (Å²) in [5, 5.41) is 0. The largest absolute Gasteiger partial charge is 0.457 e. The summed E-state index contributed by atoms with van der Waals surface area (Å²) < 4.78 is 12.0. The van der Waals surface area contributed by atoms with Gasteiger partial charge in [-0.25, -0.2) is 0 Å². The van der Waals surface area contributed by atoms with Crippen molar-refractivity contribution in [1.29, 1.82) is 0 Å². The second-order valence-electron chi connectivity index (χ2n) is 5.78. The lowest BCUT2D eigenvalue weighted by Crippen LogP contribution is -2.25. The number of aryl methyl sites for hydroxylation is 2. The highest BCUT2D eigenvalue weighted by Gasteiger charge is 2.39. The Hall–Kier alpha value is -0.795. The average molecular weight is 258 g/mol. The van der Waals surface area contributed by atoms with Crippen LogP contribution in [-0.4, -0.2) is 19.3 Å². The van der Waals surface area contributed by atoms with E-state index in [0.717, 1.165) is 19.2 Å². The van der Waals surface area contributed by atoms with Crippen molar-refractivity contribution in [2.45, 2.75) is 64.0 Å². The van der Waals surface area contributed by atoms with Gasteiger partial charge in [0, 0.05) is 0 Å². The molecule has 0 radical (unpaired) electrons. The first-order chi connectivity index (χ1) is 9.35. The molecule has 1 saturated heterocycles. The Bertz CT molecular complexity index is 407. The minimum Gasteiger partial charge on any atom is -0.406 e. The summed E-state index contributed by atoms with van der Waals surface area (Å²) in [6.07, 6.45) is 8.87. The predicted molar refractivity (Wildman–Crippen MR) is 78.3 cm³/mol. The first kappa shape index (κ1) is 13.2. The molecular weight excluding hydrogens is 235 g/mol. The van der Waals surface area contributed by atoms with Gasteiger partial charge in [-0.1, -0.05) is 44.0 Å². The fourth-order valence-corrected chi connectivity index (χ4v) is 3.22. The van der Waals surface area contributed by atoms with Crippen molar-refractivity contribution < 1.29 is 9.31 Å². The number of hydrogen-bond acceptors (Lipinski definition) is 2. The molecule has 2 nitrogen and oxygen atoms in total. The van der Waals surface area contributed by atoms with E-state index in [1.54, 1.807) is 0 Å². The van der Waals surface area contributed by atoms with Gasteiger partial charge in [0.2, 0.25) is 0 Å². The Morgan fingerprint density at radius 2 is 1.79 bits per heavy atom. The maximum atomic E-state index is 6.02. The Balaban J connectivity index is 1.52. The van der Waals surface area contributed by atoms with Gasteiger partial charge >= 0.3 is 7.12 Å². The number of rotatable bonds is 4. The molecule has 19 heavy (non-hydrogen) atoms. The summed E-state index contributed by atoms with van der Waals surface area (Å²) in [6, 6.07) is 8.87. The molecule has 2 atom stereocenters. The monoisotopic (exact) mass is 258 g/mol. The van der Waals surface area contributed by atoms with Gasteiger partial charge in [-0.3, -0.25) is 0 Å². The summed E-state index contributed by atoms with van der Waals surface area (Å²) in [5.41, 5.74) is 2.82. The summed E-state index contributed by atoms with van der Waals surface area (Å²) >= 11 is 0. The van der Waals surface area contributed by atoms with Gasteiger partial charge in [0.25, 0.3) is 0 Å². The molecule has 2 aliphatic rings. The maximum absolute atomic E-state index is 6.02. The van der Waals surface area contributed by atoms with E-state index >= 15 is 0 Å². The quantitative estimate of drug-likeness (QED) is 0.767. The number of benzene rings is 1. The fourth-order valence-electron chi connectivity index (χ4n) is 3.22. The Kier molecular flexibility index (Phi) is 4.24. The van der Waals surface area contributed by atoms with Gasteiger partial charge in [0.1, 0.15) is 0 Å². The Labute approximate surface area is 116 Å². The Morgan fingerprint density at radius 3 is 2.47 bits per heavy atom. The highest BCUT2D eigenvalue weighted by molar-refractivity contribution is 6.45. The van der Waals surface area contributed by atoms with E-state index in [1.807, 2.05) is 0 Å². The molecule has 1 saturated carbocycles. The summed E-state index contributed by atoms with van der Waals surface area (Å²) in [5.74, 6) is 0. The van der Waals surface area contributed by atoms with Crippen LogP contribution in [0.15, 0.2) is 24.3 Å². The van der Waals surface area contributed by atoms with Gasteiger partial charge in [0.15, 0.2) is 0 Å². The van der Waals surface area contributed by atoms with Crippen LogP contribution in [-0.2, 0) is 22.2 Å². The molecule has 0 bridgehead atoms. The van der Waals surface area contributed by atoms with E-state index in [2.05, 4.69) is 31.2 Å². The minimum absolute atomic E-state index is 0.0263. The van der Waals surface area contributed by atoms with Crippen LogP contribution in [0.2, 0.25) is 6.32 Å². The molecule has 3 heteroatoms. The number of hydrogen-bond donors (Lipinski definition) is 0. The van der Waals surface area contributed by atoms with Crippen LogP contribution < -0.4 is 0 Å². The maximum Gasteiger partial charge on any atom is 0.457 e. The lowest BCUT2D eigenvalue weighted by Gasteiger charge is -2.22. The van der Waals surface area contributed by atoms with Gasteiger partial charge in [-0.15, -0.1) is 0 Å². The summed E-state index contributed by atoms with van der Waals surface area (Å²) in [7, 11) is 0.0263. The molecule has 0 N–H and O–H groups in total. The highest BCUT2D eigenvalue weighted by Crippen LogP contribution is 2.31. The summed E-state index contributed by atoms with van der Waals surface area (Å²) in [6.45, 7) is 2.20. The van der Waals surface area contributed by atoms with Crippen LogP contribution in [0.25, 0.3) is 0 Å². The molecule has 0 spiro atoms. The van der Waals surface area contributed by atoms with Crippen molar-refractivity contribution in [2.75, 3.05) is 0 Å². The number of fused-ring (bicyclic) bond motifs is 1. The zero-order chi connectivity index (χ0) is 13.1. The van der Waals surface area contributed by atoms with E-state index in [-0.39, 0.29) is 7.12 Å². The molecule has 102 valence electrons. The average Bonchev–Trinajstić information content (AvgIpc) is 2.88. The van der Waals surface area contributed by atoms with Gasteiger partial charge < -0.3 is 9.31 Å². The second-order valence-corrected chi connectivity index (χ2v) is 5.78. The van der Waals surface area contributed by atoms with Gasteiger partial charge in [0.05, 0.1) is 12.2 Å². The minimum atomic E-state index is 0.0263. The van der Waals surface area contributed by atoms with Crippen molar-refractivity contribution in [2.24, 2.45) is 0 Å². The Morgan fingerprint density at radius 1 is 1.11 bits per heavy atom. The molecule has 1 aliphatic heterocycles. The molecule has 0 amide bonds. The van der Waals surface area contributed by atoms with Crippen molar-refractivity contribution >= 4 is 7.12 Å². The van der Waals surface area contributed by atoms with Gasteiger partial charge in [-0.05, 0) is 43.1 Å². The lowest BCUT2D eigenvalue weighted by atomic mass is 9.81. The lowest BCUT2D eigenvalue weighted by molar-refractivity contribution is 0.110. The topological polar surface area (TPSA) is 18.5 Å². The third kappa shape index (κ3) is 3.21. The molecule has 2 fully saturated rings. The first-order valence-corrected chi connectivity index (χ1v) is 7.74. The SMILES string of the molecule is CCc1cccc(CCB2OC3CCCCC3O2)c1. The van der Waals surface area contributed by atoms with E-state index < -0.39 is 0 Å². The van der Waals surface area contributed by atoms with Crippen molar-refractivity contribution in [3.8, 4) is 0 Å². The first-order valence-electron chi connectivity index (χ1n) is 7.74. The molecular formula is C16H23BO2. The zero-order valence-corrected chi connectivity index (χ0v) is 11.8. The molecule has 1 heterocycles. The van der Waals surface area contributed by atoms with Gasteiger partial charge in [-0.2, -0.15) is 0 Å². The van der Waals surface area contributed by atoms with Crippen LogP contribution >= 0.6 is 0 Å². The van der Waals surface area contributed by atoms with E-state index in [0.29, 0.717) is 12.2 Å².